The Morgan fingerprint density at radius 2 is 2.00 bits per heavy atom. The molecule has 5 heteroatoms. The van der Waals surface area contributed by atoms with E-state index in [2.05, 4.69) is 5.32 Å². The molecule has 0 radical (unpaired) electrons. The summed E-state index contributed by atoms with van der Waals surface area (Å²) in [7, 11) is 1.55. The van der Waals surface area contributed by atoms with E-state index in [0.717, 1.165) is 29.8 Å². The molecule has 0 aromatic heterocycles. The Kier molecular flexibility index (Phi) is 3.98. The fourth-order valence-corrected chi connectivity index (χ4v) is 3.06. The normalized spacial score (nSPS) is 17.4. The van der Waals surface area contributed by atoms with Gasteiger partial charge in [-0.05, 0) is 41.0 Å². The number of hydrogen-bond acceptors (Lipinski definition) is 3. The highest BCUT2D eigenvalue weighted by molar-refractivity contribution is 6.42. The lowest BCUT2D eigenvalue weighted by Gasteiger charge is -2.28. The molecule has 1 unspecified atom stereocenters. The zero-order valence-electron chi connectivity index (χ0n) is 11.5. The van der Waals surface area contributed by atoms with Crippen molar-refractivity contribution in [2.45, 2.75) is 12.5 Å². The molecule has 1 aliphatic rings. The first-order valence-electron chi connectivity index (χ1n) is 6.65. The molecule has 0 amide bonds. The van der Waals surface area contributed by atoms with E-state index in [-0.39, 0.29) is 11.7 Å². The van der Waals surface area contributed by atoms with E-state index in [4.69, 9.17) is 27.9 Å². The highest BCUT2D eigenvalue weighted by Crippen LogP contribution is 2.38. The number of nitrogens with one attached hydrogen (secondary N) is 1. The number of benzene rings is 2. The summed E-state index contributed by atoms with van der Waals surface area (Å²) in [6.07, 6.45) is 0. The first-order chi connectivity index (χ1) is 10.1. The van der Waals surface area contributed by atoms with Crippen molar-refractivity contribution in [1.82, 2.24) is 5.32 Å². The molecule has 1 heterocycles. The lowest BCUT2D eigenvalue weighted by atomic mass is 9.85. The number of ether oxygens (including phenoxy) is 1. The molecule has 21 heavy (non-hydrogen) atoms. The van der Waals surface area contributed by atoms with Gasteiger partial charge in [0, 0.05) is 19.0 Å². The lowest BCUT2D eigenvalue weighted by Crippen LogP contribution is -2.28. The smallest absolute Gasteiger partial charge is 0.160 e. The Labute approximate surface area is 133 Å². The molecule has 3 nitrogen and oxygen atoms in total. The largest absolute Gasteiger partial charge is 0.504 e. The predicted octanol–water partition coefficient (Wildman–Crippen LogP) is 3.94. The molecule has 110 valence electrons. The van der Waals surface area contributed by atoms with Gasteiger partial charge in [-0.1, -0.05) is 29.3 Å². The van der Waals surface area contributed by atoms with Gasteiger partial charge in [-0.3, -0.25) is 0 Å². The zero-order valence-corrected chi connectivity index (χ0v) is 13.0. The predicted molar refractivity (Wildman–Crippen MR) is 84.7 cm³/mol. The fourth-order valence-electron chi connectivity index (χ4n) is 2.76. The zero-order chi connectivity index (χ0) is 15.0. The van der Waals surface area contributed by atoms with Gasteiger partial charge in [0.15, 0.2) is 11.5 Å². The van der Waals surface area contributed by atoms with Crippen molar-refractivity contribution in [3.63, 3.8) is 0 Å². The van der Waals surface area contributed by atoms with Crippen LogP contribution in [-0.4, -0.2) is 18.8 Å². The maximum atomic E-state index is 9.91. The van der Waals surface area contributed by atoms with E-state index in [1.807, 2.05) is 24.3 Å². The van der Waals surface area contributed by atoms with Gasteiger partial charge < -0.3 is 15.2 Å². The molecule has 0 aliphatic carbocycles. The molecule has 0 saturated carbocycles. The standard InChI is InChI=1S/C16H15Cl2NO2/c1-21-16-6-11-10(5-15(16)20)7-19-8-12(11)9-2-3-13(17)14(18)4-9/h2-6,12,19-20H,7-8H2,1H3. The lowest BCUT2D eigenvalue weighted by molar-refractivity contribution is 0.371. The van der Waals surface area contributed by atoms with E-state index < -0.39 is 0 Å². The van der Waals surface area contributed by atoms with E-state index in [9.17, 15) is 5.11 Å². The summed E-state index contributed by atoms with van der Waals surface area (Å²) < 4.78 is 5.22. The number of phenolic OH excluding ortho intramolecular Hbond substituents is 1. The summed E-state index contributed by atoms with van der Waals surface area (Å²) >= 11 is 12.1. The van der Waals surface area contributed by atoms with Crippen molar-refractivity contribution in [3.05, 3.63) is 57.1 Å². The highest BCUT2D eigenvalue weighted by Gasteiger charge is 2.24. The Morgan fingerprint density at radius 3 is 2.71 bits per heavy atom. The molecule has 2 aromatic carbocycles. The van der Waals surface area contributed by atoms with Crippen molar-refractivity contribution in [2.24, 2.45) is 0 Å². The molecule has 3 rings (SSSR count). The minimum Gasteiger partial charge on any atom is -0.504 e. The van der Waals surface area contributed by atoms with Crippen molar-refractivity contribution < 1.29 is 9.84 Å². The summed E-state index contributed by atoms with van der Waals surface area (Å²) in [5.74, 6) is 0.798. The van der Waals surface area contributed by atoms with Crippen LogP contribution in [-0.2, 0) is 6.54 Å². The van der Waals surface area contributed by atoms with Crippen molar-refractivity contribution >= 4 is 23.2 Å². The first-order valence-corrected chi connectivity index (χ1v) is 7.41. The average molecular weight is 324 g/mol. The summed E-state index contributed by atoms with van der Waals surface area (Å²) in [6.45, 7) is 1.53. The number of halogens is 2. The SMILES string of the molecule is COc1cc2c(cc1O)CNCC2c1ccc(Cl)c(Cl)c1. The quantitative estimate of drug-likeness (QED) is 0.879. The molecule has 1 atom stereocenters. The molecule has 0 saturated heterocycles. The van der Waals surface area contributed by atoms with Crippen LogP contribution >= 0.6 is 23.2 Å². The van der Waals surface area contributed by atoms with Crippen LogP contribution < -0.4 is 10.1 Å². The van der Waals surface area contributed by atoms with Crippen LogP contribution in [0.25, 0.3) is 0 Å². The van der Waals surface area contributed by atoms with Crippen LogP contribution in [0.3, 0.4) is 0 Å². The Bertz CT molecular complexity index is 688. The van der Waals surface area contributed by atoms with Gasteiger partial charge in [-0.15, -0.1) is 0 Å². The Balaban J connectivity index is 2.09. The Hall–Kier alpha value is -1.42. The number of aromatic hydroxyl groups is 1. The van der Waals surface area contributed by atoms with Crippen LogP contribution in [0.5, 0.6) is 11.5 Å². The first kappa shape index (κ1) is 14.5. The summed E-state index contributed by atoms with van der Waals surface area (Å²) in [5.41, 5.74) is 3.29. The highest BCUT2D eigenvalue weighted by atomic mass is 35.5. The molecule has 2 aromatic rings. The summed E-state index contributed by atoms with van der Waals surface area (Å²) in [6, 6.07) is 9.34. The van der Waals surface area contributed by atoms with Gasteiger partial charge in [0.05, 0.1) is 17.2 Å². The molecule has 2 N–H and O–H groups in total. The third-order valence-electron chi connectivity index (χ3n) is 3.83. The van der Waals surface area contributed by atoms with E-state index in [0.29, 0.717) is 15.8 Å². The van der Waals surface area contributed by atoms with Crippen LogP contribution in [0, 0.1) is 0 Å². The second kappa shape index (κ2) is 5.76. The maximum absolute atomic E-state index is 9.91. The van der Waals surface area contributed by atoms with Gasteiger partial charge in [0.2, 0.25) is 0 Å². The van der Waals surface area contributed by atoms with Gasteiger partial charge in [-0.25, -0.2) is 0 Å². The Morgan fingerprint density at radius 1 is 1.19 bits per heavy atom. The third kappa shape index (κ3) is 2.69. The second-order valence-corrected chi connectivity index (χ2v) is 5.89. The average Bonchev–Trinajstić information content (AvgIpc) is 2.48. The number of hydrogen-bond donors (Lipinski definition) is 2. The molecule has 0 fully saturated rings. The summed E-state index contributed by atoms with van der Waals surface area (Å²) in [4.78, 5) is 0. The van der Waals surface area contributed by atoms with E-state index in [1.165, 1.54) is 0 Å². The van der Waals surface area contributed by atoms with Gasteiger partial charge in [0.1, 0.15) is 0 Å². The van der Waals surface area contributed by atoms with Crippen molar-refractivity contribution in [2.75, 3.05) is 13.7 Å². The summed E-state index contributed by atoms with van der Waals surface area (Å²) in [5, 5.41) is 14.4. The van der Waals surface area contributed by atoms with Crippen LogP contribution in [0.15, 0.2) is 30.3 Å². The molecule has 0 bridgehead atoms. The van der Waals surface area contributed by atoms with Crippen LogP contribution in [0.1, 0.15) is 22.6 Å². The monoisotopic (exact) mass is 323 g/mol. The van der Waals surface area contributed by atoms with E-state index in [1.54, 1.807) is 13.2 Å². The van der Waals surface area contributed by atoms with Crippen LogP contribution in [0.2, 0.25) is 10.0 Å². The number of rotatable bonds is 2. The number of phenols is 1. The van der Waals surface area contributed by atoms with Crippen LogP contribution in [0.4, 0.5) is 0 Å². The van der Waals surface area contributed by atoms with Gasteiger partial charge >= 0.3 is 0 Å². The fraction of sp³-hybridized carbons (Fsp3) is 0.250. The minimum atomic E-state index is 0.151. The second-order valence-electron chi connectivity index (χ2n) is 5.08. The molecule has 0 spiro atoms. The molecule has 1 aliphatic heterocycles. The number of methoxy groups -OCH3 is 1. The maximum Gasteiger partial charge on any atom is 0.160 e. The topological polar surface area (TPSA) is 41.5 Å². The minimum absolute atomic E-state index is 0.151. The van der Waals surface area contributed by atoms with Gasteiger partial charge in [-0.2, -0.15) is 0 Å². The third-order valence-corrected chi connectivity index (χ3v) is 4.57. The number of fused-ring (bicyclic) bond motifs is 1. The molecular formula is C16H15Cl2NO2. The van der Waals surface area contributed by atoms with Crippen molar-refractivity contribution in [1.29, 1.82) is 0 Å². The van der Waals surface area contributed by atoms with Crippen molar-refractivity contribution in [3.8, 4) is 11.5 Å². The molecular weight excluding hydrogens is 309 g/mol. The van der Waals surface area contributed by atoms with Gasteiger partial charge in [0.25, 0.3) is 0 Å². The van der Waals surface area contributed by atoms with E-state index >= 15 is 0 Å².